The van der Waals surface area contributed by atoms with E-state index in [1.807, 2.05) is 30.3 Å². The van der Waals surface area contributed by atoms with Crippen molar-refractivity contribution in [1.29, 1.82) is 0 Å². The Hall–Kier alpha value is -1.06. The average molecular weight is 363 g/mol. The summed E-state index contributed by atoms with van der Waals surface area (Å²) in [5.41, 5.74) is 2.24. The molecule has 24 heavy (non-hydrogen) atoms. The van der Waals surface area contributed by atoms with Gasteiger partial charge in [-0.25, -0.2) is 0 Å². The summed E-state index contributed by atoms with van der Waals surface area (Å²) in [4.78, 5) is 0. The molecule has 1 aliphatic rings. The molecule has 1 heterocycles. The molecular formula is C20H24Cl2N2. The van der Waals surface area contributed by atoms with E-state index in [-0.39, 0.29) is 17.0 Å². The van der Waals surface area contributed by atoms with E-state index in [2.05, 4.69) is 41.8 Å². The van der Waals surface area contributed by atoms with E-state index in [9.17, 15) is 0 Å². The van der Waals surface area contributed by atoms with E-state index in [1.54, 1.807) is 0 Å². The molecule has 1 aliphatic heterocycles. The Morgan fingerprint density at radius 3 is 2.42 bits per heavy atom. The Labute approximate surface area is 154 Å². The van der Waals surface area contributed by atoms with E-state index < -0.39 is 0 Å². The van der Waals surface area contributed by atoms with Crippen molar-refractivity contribution in [2.75, 3.05) is 13.1 Å². The zero-order valence-corrected chi connectivity index (χ0v) is 15.4. The van der Waals surface area contributed by atoms with Gasteiger partial charge in [0, 0.05) is 16.5 Å². The van der Waals surface area contributed by atoms with Gasteiger partial charge in [0.15, 0.2) is 0 Å². The fourth-order valence-corrected chi connectivity index (χ4v) is 4.26. The SMILES string of the molecule is CC(NC(Cl)c1ccccc1)C1(c2cccc(Cl)c2)CCNCC1. The molecule has 128 valence electrons. The van der Waals surface area contributed by atoms with Crippen molar-refractivity contribution in [3.63, 3.8) is 0 Å². The summed E-state index contributed by atoms with van der Waals surface area (Å²) in [5.74, 6) is 0. The minimum Gasteiger partial charge on any atom is -0.317 e. The van der Waals surface area contributed by atoms with Crippen molar-refractivity contribution >= 4 is 23.2 Å². The van der Waals surface area contributed by atoms with Gasteiger partial charge < -0.3 is 5.32 Å². The molecule has 0 radical (unpaired) electrons. The molecule has 4 heteroatoms. The van der Waals surface area contributed by atoms with Crippen LogP contribution in [-0.4, -0.2) is 19.1 Å². The van der Waals surface area contributed by atoms with Crippen LogP contribution in [0.5, 0.6) is 0 Å². The molecule has 1 fully saturated rings. The highest BCUT2D eigenvalue weighted by Crippen LogP contribution is 2.39. The number of nitrogens with one attached hydrogen (secondary N) is 2. The fourth-order valence-electron chi connectivity index (χ4n) is 3.74. The zero-order chi connectivity index (χ0) is 17.0. The minimum absolute atomic E-state index is 0.0398. The van der Waals surface area contributed by atoms with E-state index in [0.29, 0.717) is 0 Å². The van der Waals surface area contributed by atoms with Crippen LogP contribution < -0.4 is 10.6 Å². The second-order valence-electron chi connectivity index (χ2n) is 6.58. The van der Waals surface area contributed by atoms with Crippen molar-refractivity contribution in [3.8, 4) is 0 Å². The second kappa shape index (κ2) is 7.88. The monoisotopic (exact) mass is 362 g/mol. The Bertz CT molecular complexity index is 654. The highest BCUT2D eigenvalue weighted by atomic mass is 35.5. The molecular weight excluding hydrogens is 339 g/mol. The molecule has 0 bridgehead atoms. The quantitative estimate of drug-likeness (QED) is 0.585. The van der Waals surface area contributed by atoms with Crippen LogP contribution in [0.3, 0.4) is 0 Å². The van der Waals surface area contributed by atoms with Crippen molar-refractivity contribution in [1.82, 2.24) is 10.6 Å². The Morgan fingerprint density at radius 2 is 1.75 bits per heavy atom. The summed E-state index contributed by atoms with van der Waals surface area (Å²) < 4.78 is 0. The molecule has 0 amide bonds. The van der Waals surface area contributed by atoms with Gasteiger partial charge in [0.1, 0.15) is 5.50 Å². The number of alkyl halides is 1. The maximum Gasteiger partial charge on any atom is 0.108 e. The predicted molar refractivity (Wildman–Crippen MR) is 103 cm³/mol. The Kier molecular flexibility index (Phi) is 5.83. The third-order valence-electron chi connectivity index (χ3n) is 5.21. The first kappa shape index (κ1) is 17.8. The van der Waals surface area contributed by atoms with Gasteiger partial charge in [-0.3, -0.25) is 5.32 Å². The number of halogens is 2. The lowest BCUT2D eigenvalue weighted by Gasteiger charge is -2.44. The van der Waals surface area contributed by atoms with E-state index in [4.69, 9.17) is 23.2 Å². The predicted octanol–water partition coefficient (Wildman–Crippen LogP) is 4.88. The Balaban J connectivity index is 1.85. The van der Waals surface area contributed by atoms with E-state index >= 15 is 0 Å². The van der Waals surface area contributed by atoms with Gasteiger partial charge >= 0.3 is 0 Å². The number of benzene rings is 2. The molecule has 2 N–H and O–H groups in total. The van der Waals surface area contributed by atoms with Crippen LogP contribution in [0.2, 0.25) is 5.02 Å². The summed E-state index contributed by atoms with van der Waals surface area (Å²) in [7, 11) is 0. The lowest BCUT2D eigenvalue weighted by molar-refractivity contribution is 0.231. The largest absolute Gasteiger partial charge is 0.317 e. The molecule has 2 aromatic rings. The highest BCUT2D eigenvalue weighted by molar-refractivity contribution is 6.30. The molecule has 3 rings (SSSR count). The van der Waals surface area contributed by atoms with Crippen molar-refractivity contribution < 1.29 is 0 Å². The van der Waals surface area contributed by atoms with E-state index in [0.717, 1.165) is 36.5 Å². The molecule has 2 unspecified atom stereocenters. The molecule has 2 aromatic carbocycles. The first-order valence-electron chi connectivity index (χ1n) is 8.54. The van der Waals surface area contributed by atoms with Crippen LogP contribution in [0.15, 0.2) is 54.6 Å². The van der Waals surface area contributed by atoms with Crippen molar-refractivity contribution in [2.45, 2.75) is 36.7 Å². The Morgan fingerprint density at radius 1 is 1.04 bits per heavy atom. The maximum atomic E-state index is 6.65. The number of piperidine rings is 1. The van der Waals surface area contributed by atoms with Crippen LogP contribution in [0.1, 0.15) is 36.4 Å². The molecule has 2 nitrogen and oxygen atoms in total. The molecule has 0 aromatic heterocycles. The summed E-state index contributed by atoms with van der Waals surface area (Å²) in [5, 5.41) is 7.88. The topological polar surface area (TPSA) is 24.1 Å². The highest BCUT2D eigenvalue weighted by Gasteiger charge is 2.39. The number of hydrogen-bond acceptors (Lipinski definition) is 2. The molecule has 0 saturated carbocycles. The van der Waals surface area contributed by atoms with Gasteiger partial charge in [-0.1, -0.05) is 54.1 Å². The standard InChI is InChI=1S/C20H24Cl2N2/c1-15(24-19(22)16-6-3-2-4-7-16)20(10-12-23-13-11-20)17-8-5-9-18(21)14-17/h2-9,14-15,19,23-24H,10-13H2,1H3. The summed E-state index contributed by atoms with van der Waals surface area (Å²) in [6.07, 6.45) is 2.14. The fraction of sp³-hybridized carbons (Fsp3) is 0.400. The molecule has 1 saturated heterocycles. The third-order valence-corrected chi connectivity index (χ3v) is 5.83. The average Bonchev–Trinajstić information content (AvgIpc) is 2.63. The molecule has 2 atom stereocenters. The lowest BCUT2D eigenvalue weighted by Crippen LogP contribution is -2.52. The van der Waals surface area contributed by atoms with Gasteiger partial charge in [0.05, 0.1) is 0 Å². The van der Waals surface area contributed by atoms with E-state index in [1.165, 1.54) is 5.56 Å². The first-order chi connectivity index (χ1) is 11.6. The third kappa shape index (κ3) is 3.78. The van der Waals surface area contributed by atoms with Crippen LogP contribution in [0.25, 0.3) is 0 Å². The van der Waals surface area contributed by atoms with Crippen molar-refractivity contribution in [3.05, 3.63) is 70.7 Å². The smallest absolute Gasteiger partial charge is 0.108 e. The van der Waals surface area contributed by atoms with Gasteiger partial charge in [-0.05, 0) is 56.1 Å². The minimum atomic E-state index is -0.202. The second-order valence-corrected chi connectivity index (χ2v) is 7.45. The maximum absolute atomic E-state index is 6.65. The lowest BCUT2D eigenvalue weighted by atomic mass is 9.68. The zero-order valence-electron chi connectivity index (χ0n) is 13.9. The van der Waals surface area contributed by atoms with Gasteiger partial charge in [0.2, 0.25) is 0 Å². The number of hydrogen-bond donors (Lipinski definition) is 2. The van der Waals surface area contributed by atoms with Crippen LogP contribution in [0, 0.1) is 0 Å². The summed E-state index contributed by atoms with van der Waals surface area (Å²) in [6, 6.07) is 18.7. The van der Waals surface area contributed by atoms with Crippen LogP contribution >= 0.6 is 23.2 Å². The molecule has 0 aliphatic carbocycles. The van der Waals surface area contributed by atoms with Crippen molar-refractivity contribution in [2.24, 2.45) is 0 Å². The normalized spacial score (nSPS) is 19.6. The summed E-state index contributed by atoms with van der Waals surface area (Å²) in [6.45, 7) is 4.26. The van der Waals surface area contributed by atoms with Gasteiger partial charge in [0.25, 0.3) is 0 Å². The van der Waals surface area contributed by atoms with Crippen LogP contribution in [0.4, 0.5) is 0 Å². The van der Waals surface area contributed by atoms with Gasteiger partial charge in [-0.15, -0.1) is 11.6 Å². The van der Waals surface area contributed by atoms with Crippen LogP contribution in [-0.2, 0) is 5.41 Å². The number of rotatable bonds is 5. The summed E-state index contributed by atoms with van der Waals surface area (Å²) >= 11 is 12.9. The van der Waals surface area contributed by atoms with Gasteiger partial charge in [-0.2, -0.15) is 0 Å². The molecule has 0 spiro atoms. The first-order valence-corrected chi connectivity index (χ1v) is 9.35.